The lowest BCUT2D eigenvalue weighted by Gasteiger charge is -2.08. The van der Waals surface area contributed by atoms with Gasteiger partial charge in [0.05, 0.1) is 30.9 Å². The fourth-order valence-electron chi connectivity index (χ4n) is 3.41. The summed E-state index contributed by atoms with van der Waals surface area (Å²) < 4.78 is 10.1. The third-order valence-corrected chi connectivity index (χ3v) is 4.80. The van der Waals surface area contributed by atoms with E-state index in [4.69, 9.17) is 15.2 Å². The van der Waals surface area contributed by atoms with Gasteiger partial charge < -0.3 is 20.2 Å². The van der Waals surface area contributed by atoms with Crippen LogP contribution in [0.15, 0.2) is 54.6 Å². The van der Waals surface area contributed by atoms with Crippen molar-refractivity contribution in [2.45, 2.75) is 0 Å². The van der Waals surface area contributed by atoms with Gasteiger partial charge in [-0.25, -0.2) is 4.79 Å². The first kappa shape index (κ1) is 17.6. The fraction of sp³-hybridized carbons (Fsp3) is 0.0909. The molecule has 1 amide bonds. The molecule has 4 rings (SSSR count). The molecule has 0 aliphatic rings. The molecule has 0 saturated carbocycles. The minimum atomic E-state index is -0.533. The lowest BCUT2D eigenvalue weighted by atomic mass is 9.98. The van der Waals surface area contributed by atoms with Crippen LogP contribution in [0.4, 0.5) is 0 Å². The molecule has 0 fully saturated rings. The van der Waals surface area contributed by atoms with Gasteiger partial charge in [-0.15, -0.1) is 0 Å². The Labute approximate surface area is 160 Å². The average Bonchev–Trinajstić information content (AvgIpc) is 3.09. The number of hydrogen-bond acceptors (Lipinski definition) is 4. The zero-order valence-electron chi connectivity index (χ0n) is 15.4. The first-order valence-electron chi connectivity index (χ1n) is 8.64. The van der Waals surface area contributed by atoms with Gasteiger partial charge in [-0.1, -0.05) is 18.2 Å². The van der Waals surface area contributed by atoms with Crippen LogP contribution >= 0.6 is 0 Å². The summed E-state index contributed by atoms with van der Waals surface area (Å²) in [6, 6.07) is 16.6. The smallest absolute Gasteiger partial charge is 0.337 e. The second-order valence-corrected chi connectivity index (χ2v) is 6.42. The van der Waals surface area contributed by atoms with E-state index in [2.05, 4.69) is 4.98 Å². The highest BCUT2D eigenvalue weighted by atomic mass is 16.5. The van der Waals surface area contributed by atoms with Crippen LogP contribution < -0.4 is 10.5 Å². The summed E-state index contributed by atoms with van der Waals surface area (Å²) in [6.45, 7) is 0. The van der Waals surface area contributed by atoms with Crippen molar-refractivity contribution in [3.8, 4) is 16.9 Å². The number of primary amides is 1. The number of methoxy groups -OCH3 is 2. The van der Waals surface area contributed by atoms with Gasteiger partial charge in [0.15, 0.2) is 0 Å². The van der Waals surface area contributed by atoms with Gasteiger partial charge >= 0.3 is 5.97 Å². The molecule has 140 valence electrons. The summed E-state index contributed by atoms with van der Waals surface area (Å²) in [5, 5.41) is 1.73. The molecule has 6 heteroatoms. The number of hydrogen-bond donors (Lipinski definition) is 2. The lowest BCUT2D eigenvalue weighted by molar-refractivity contribution is 0.0600. The third-order valence-electron chi connectivity index (χ3n) is 4.80. The van der Waals surface area contributed by atoms with Gasteiger partial charge in [-0.2, -0.15) is 0 Å². The molecular formula is C22H18N2O4. The Balaban J connectivity index is 2.00. The molecule has 0 aliphatic carbocycles. The van der Waals surface area contributed by atoms with E-state index in [0.29, 0.717) is 16.6 Å². The predicted octanol–water partition coefficient (Wildman–Crippen LogP) is 3.88. The molecule has 0 radical (unpaired) electrons. The Bertz CT molecular complexity index is 1240. The van der Waals surface area contributed by atoms with Crippen LogP contribution in [0.3, 0.4) is 0 Å². The fourth-order valence-corrected chi connectivity index (χ4v) is 3.41. The van der Waals surface area contributed by atoms with Gasteiger partial charge in [0.1, 0.15) is 5.75 Å². The van der Waals surface area contributed by atoms with E-state index in [9.17, 15) is 9.59 Å². The highest BCUT2D eigenvalue weighted by molar-refractivity contribution is 6.16. The minimum absolute atomic E-state index is 0.381. The quantitative estimate of drug-likeness (QED) is 0.530. The van der Waals surface area contributed by atoms with Gasteiger partial charge in [0.25, 0.3) is 5.91 Å². The van der Waals surface area contributed by atoms with Crippen LogP contribution in [-0.2, 0) is 4.74 Å². The van der Waals surface area contributed by atoms with Gasteiger partial charge in [0.2, 0.25) is 0 Å². The number of carbonyl (C=O) groups excluding carboxylic acids is 2. The summed E-state index contributed by atoms with van der Waals surface area (Å²) in [7, 11) is 2.94. The van der Waals surface area contributed by atoms with Crippen molar-refractivity contribution in [3.63, 3.8) is 0 Å². The van der Waals surface area contributed by atoms with Crippen LogP contribution in [0.1, 0.15) is 20.7 Å². The molecule has 0 bridgehead atoms. The van der Waals surface area contributed by atoms with E-state index >= 15 is 0 Å². The van der Waals surface area contributed by atoms with Crippen molar-refractivity contribution in [1.82, 2.24) is 4.98 Å². The topological polar surface area (TPSA) is 94.4 Å². The van der Waals surface area contributed by atoms with E-state index < -0.39 is 11.9 Å². The molecule has 6 nitrogen and oxygen atoms in total. The van der Waals surface area contributed by atoms with Crippen molar-refractivity contribution in [1.29, 1.82) is 0 Å². The molecule has 0 saturated heterocycles. The summed E-state index contributed by atoms with van der Waals surface area (Å²) in [4.78, 5) is 27.2. The molecule has 0 spiro atoms. The summed E-state index contributed by atoms with van der Waals surface area (Å²) in [5.41, 5.74) is 9.57. The number of aromatic nitrogens is 1. The second-order valence-electron chi connectivity index (χ2n) is 6.42. The standard InChI is InChI=1S/C22H18N2O4/c1-27-15-5-3-4-12(8-15)14-9-17-16-7-6-13(22(26)28-2)11-19(16)24-20(17)18(10-14)21(23)25/h3-11,24H,1-2H3,(H2,23,25). The molecular weight excluding hydrogens is 356 g/mol. The molecule has 3 aromatic carbocycles. The number of esters is 1. The van der Waals surface area contributed by atoms with Crippen LogP contribution in [0.5, 0.6) is 5.75 Å². The number of nitrogens with one attached hydrogen (secondary N) is 1. The number of H-pyrrole nitrogens is 1. The monoisotopic (exact) mass is 374 g/mol. The molecule has 0 unspecified atom stereocenters. The number of ether oxygens (including phenoxy) is 2. The molecule has 3 N–H and O–H groups in total. The number of rotatable bonds is 4. The lowest BCUT2D eigenvalue weighted by Crippen LogP contribution is -2.11. The van der Waals surface area contributed by atoms with E-state index in [1.54, 1.807) is 25.3 Å². The number of nitrogens with two attached hydrogens (primary N) is 1. The van der Waals surface area contributed by atoms with E-state index in [0.717, 1.165) is 33.2 Å². The number of amides is 1. The Morgan fingerprint density at radius 2 is 1.75 bits per heavy atom. The highest BCUT2D eigenvalue weighted by Gasteiger charge is 2.16. The molecule has 4 aromatic rings. The van der Waals surface area contributed by atoms with Crippen LogP contribution in [0.2, 0.25) is 0 Å². The van der Waals surface area contributed by atoms with Gasteiger partial charge in [0, 0.05) is 16.3 Å². The zero-order valence-corrected chi connectivity index (χ0v) is 15.4. The normalized spacial score (nSPS) is 10.9. The first-order chi connectivity index (χ1) is 13.5. The van der Waals surface area contributed by atoms with E-state index in [1.807, 2.05) is 36.4 Å². The Morgan fingerprint density at radius 3 is 2.46 bits per heavy atom. The maximum absolute atomic E-state index is 12.1. The first-order valence-corrected chi connectivity index (χ1v) is 8.64. The van der Waals surface area contributed by atoms with Crippen molar-refractivity contribution in [2.75, 3.05) is 14.2 Å². The SMILES string of the molecule is COC(=O)c1ccc2c(c1)[nH]c1c(C(N)=O)cc(-c3cccc(OC)c3)cc12. The second kappa shape index (κ2) is 6.74. The van der Waals surface area contributed by atoms with Crippen LogP contribution in [-0.4, -0.2) is 31.1 Å². The van der Waals surface area contributed by atoms with Crippen LogP contribution in [0.25, 0.3) is 32.9 Å². The average molecular weight is 374 g/mol. The number of aromatic amines is 1. The van der Waals surface area contributed by atoms with Gasteiger partial charge in [-0.05, 0) is 47.5 Å². The minimum Gasteiger partial charge on any atom is -0.497 e. The van der Waals surface area contributed by atoms with Crippen molar-refractivity contribution in [2.24, 2.45) is 5.73 Å². The number of benzene rings is 3. The molecule has 28 heavy (non-hydrogen) atoms. The third kappa shape index (κ3) is 2.85. The summed E-state index contributed by atoms with van der Waals surface area (Å²) >= 11 is 0. The van der Waals surface area contributed by atoms with E-state index in [1.165, 1.54) is 7.11 Å². The van der Waals surface area contributed by atoms with Crippen molar-refractivity contribution < 1.29 is 19.1 Å². The molecule has 1 aromatic heterocycles. The Hall–Kier alpha value is -3.80. The number of fused-ring (bicyclic) bond motifs is 3. The predicted molar refractivity (Wildman–Crippen MR) is 108 cm³/mol. The van der Waals surface area contributed by atoms with Crippen molar-refractivity contribution >= 4 is 33.7 Å². The largest absolute Gasteiger partial charge is 0.497 e. The Kier molecular flexibility index (Phi) is 4.24. The molecule has 0 atom stereocenters. The maximum Gasteiger partial charge on any atom is 0.337 e. The van der Waals surface area contributed by atoms with Crippen LogP contribution in [0, 0.1) is 0 Å². The van der Waals surface area contributed by atoms with E-state index in [-0.39, 0.29) is 0 Å². The zero-order chi connectivity index (χ0) is 19.8. The molecule has 1 heterocycles. The Morgan fingerprint density at radius 1 is 0.929 bits per heavy atom. The summed E-state index contributed by atoms with van der Waals surface area (Å²) in [6.07, 6.45) is 0. The van der Waals surface area contributed by atoms with Gasteiger partial charge in [-0.3, -0.25) is 4.79 Å². The number of carbonyl (C=O) groups is 2. The van der Waals surface area contributed by atoms with Crippen molar-refractivity contribution in [3.05, 3.63) is 65.7 Å². The molecule has 0 aliphatic heterocycles. The maximum atomic E-state index is 12.1. The highest BCUT2D eigenvalue weighted by Crippen LogP contribution is 2.34. The summed E-state index contributed by atoms with van der Waals surface area (Å²) in [5.74, 6) is -0.234.